The van der Waals surface area contributed by atoms with E-state index in [2.05, 4.69) is 4.98 Å². The molecule has 1 aromatic carbocycles. The Morgan fingerprint density at radius 1 is 1.50 bits per heavy atom. The number of nitrogen functional groups attached to an aromatic ring is 1. The molecular formula is C10H11N3O. The van der Waals surface area contributed by atoms with Crippen LogP contribution >= 0.6 is 0 Å². The quantitative estimate of drug-likeness (QED) is 0.681. The lowest BCUT2D eigenvalue weighted by molar-refractivity contribution is 0.764. The summed E-state index contributed by atoms with van der Waals surface area (Å²) in [6, 6.07) is 5.29. The molecule has 4 nitrogen and oxygen atoms in total. The third-order valence-electron chi connectivity index (χ3n) is 2.22. The molecule has 0 aliphatic heterocycles. The standard InChI is InChI=1S/C10H11N3O/c1-2-13-6-12-10(14)8-5-7(11)3-4-9(8)13/h3-6H,2,11H2,1H3. The maximum atomic E-state index is 11.4. The first-order valence-corrected chi connectivity index (χ1v) is 4.47. The molecule has 0 radical (unpaired) electrons. The van der Waals surface area contributed by atoms with Crippen LogP contribution in [0.25, 0.3) is 10.9 Å². The van der Waals surface area contributed by atoms with Gasteiger partial charge in [0.2, 0.25) is 0 Å². The zero-order chi connectivity index (χ0) is 10.1. The lowest BCUT2D eigenvalue weighted by Crippen LogP contribution is -2.12. The second-order valence-corrected chi connectivity index (χ2v) is 3.11. The summed E-state index contributed by atoms with van der Waals surface area (Å²) in [7, 11) is 0. The van der Waals surface area contributed by atoms with Gasteiger partial charge in [-0.25, -0.2) is 0 Å². The molecule has 14 heavy (non-hydrogen) atoms. The van der Waals surface area contributed by atoms with Crippen molar-refractivity contribution in [3.63, 3.8) is 0 Å². The molecule has 2 rings (SSSR count). The van der Waals surface area contributed by atoms with Crippen LogP contribution < -0.4 is 11.3 Å². The highest BCUT2D eigenvalue weighted by atomic mass is 16.1. The largest absolute Gasteiger partial charge is 0.399 e. The smallest absolute Gasteiger partial charge is 0.280 e. The molecule has 72 valence electrons. The number of benzene rings is 1. The molecule has 0 saturated carbocycles. The van der Waals surface area contributed by atoms with Crippen LogP contribution in [-0.2, 0) is 6.54 Å². The molecule has 1 aromatic heterocycles. The molecule has 0 fully saturated rings. The van der Waals surface area contributed by atoms with Gasteiger partial charge in [-0.3, -0.25) is 4.79 Å². The zero-order valence-corrected chi connectivity index (χ0v) is 7.90. The van der Waals surface area contributed by atoms with Crippen molar-refractivity contribution in [1.29, 1.82) is 0 Å². The summed E-state index contributed by atoms with van der Waals surface area (Å²) in [4.78, 5) is 15.2. The Hall–Kier alpha value is -1.84. The predicted molar refractivity (Wildman–Crippen MR) is 56.1 cm³/mol. The molecule has 2 aromatic rings. The first-order chi connectivity index (χ1) is 6.72. The summed E-state index contributed by atoms with van der Waals surface area (Å²) in [6.45, 7) is 2.79. The van der Waals surface area contributed by atoms with E-state index in [1.54, 1.807) is 18.5 Å². The molecule has 1 heterocycles. The Bertz CT molecular complexity index is 530. The maximum absolute atomic E-state index is 11.4. The van der Waals surface area contributed by atoms with Gasteiger partial charge in [0.25, 0.3) is 5.56 Å². The van der Waals surface area contributed by atoms with E-state index in [0.29, 0.717) is 11.1 Å². The number of aryl methyl sites for hydroxylation is 1. The summed E-state index contributed by atoms with van der Waals surface area (Å²) < 4.78 is 1.91. The van der Waals surface area contributed by atoms with Gasteiger partial charge >= 0.3 is 0 Å². The summed E-state index contributed by atoms with van der Waals surface area (Å²) in [6.07, 6.45) is 1.56. The SMILES string of the molecule is CCn1cnc(=O)c2cc(N)ccc21. The van der Waals surface area contributed by atoms with E-state index in [1.807, 2.05) is 17.6 Å². The van der Waals surface area contributed by atoms with Gasteiger partial charge < -0.3 is 10.3 Å². The van der Waals surface area contributed by atoms with Crippen LogP contribution in [-0.4, -0.2) is 9.55 Å². The number of fused-ring (bicyclic) bond motifs is 1. The van der Waals surface area contributed by atoms with Crippen molar-refractivity contribution in [2.24, 2.45) is 0 Å². The molecule has 0 aliphatic carbocycles. The van der Waals surface area contributed by atoms with Crippen molar-refractivity contribution in [1.82, 2.24) is 9.55 Å². The molecule has 0 aliphatic rings. The van der Waals surface area contributed by atoms with Gasteiger partial charge in [-0.2, -0.15) is 4.98 Å². The molecule has 2 N–H and O–H groups in total. The first-order valence-electron chi connectivity index (χ1n) is 4.47. The van der Waals surface area contributed by atoms with Crippen molar-refractivity contribution < 1.29 is 0 Å². The van der Waals surface area contributed by atoms with Gasteiger partial charge in [0, 0.05) is 12.2 Å². The van der Waals surface area contributed by atoms with Crippen LogP contribution in [0.4, 0.5) is 5.69 Å². The predicted octanol–water partition coefficient (Wildman–Crippen LogP) is 0.999. The van der Waals surface area contributed by atoms with E-state index >= 15 is 0 Å². The molecular weight excluding hydrogens is 178 g/mol. The average Bonchev–Trinajstić information content (AvgIpc) is 2.19. The summed E-state index contributed by atoms with van der Waals surface area (Å²) in [5.74, 6) is 0. The number of aromatic nitrogens is 2. The Balaban J connectivity index is 2.91. The highest BCUT2D eigenvalue weighted by Crippen LogP contribution is 2.12. The Morgan fingerprint density at radius 3 is 3.00 bits per heavy atom. The van der Waals surface area contributed by atoms with Crippen molar-refractivity contribution in [2.75, 3.05) is 5.73 Å². The topological polar surface area (TPSA) is 60.9 Å². The lowest BCUT2D eigenvalue weighted by Gasteiger charge is -2.06. The van der Waals surface area contributed by atoms with E-state index < -0.39 is 0 Å². The molecule has 0 spiro atoms. The normalized spacial score (nSPS) is 10.6. The third-order valence-corrected chi connectivity index (χ3v) is 2.22. The molecule has 0 atom stereocenters. The molecule has 0 amide bonds. The van der Waals surface area contributed by atoms with Crippen molar-refractivity contribution in [3.05, 3.63) is 34.9 Å². The van der Waals surface area contributed by atoms with Crippen molar-refractivity contribution in [3.8, 4) is 0 Å². The first kappa shape index (κ1) is 8.74. The molecule has 0 saturated heterocycles. The van der Waals surface area contributed by atoms with E-state index in [4.69, 9.17) is 5.73 Å². The Morgan fingerprint density at radius 2 is 2.29 bits per heavy atom. The minimum Gasteiger partial charge on any atom is -0.399 e. The number of nitrogens with zero attached hydrogens (tertiary/aromatic N) is 2. The van der Waals surface area contributed by atoms with Gasteiger partial charge in [0.15, 0.2) is 0 Å². The summed E-state index contributed by atoms with van der Waals surface area (Å²) in [5.41, 5.74) is 6.85. The van der Waals surface area contributed by atoms with E-state index in [1.165, 1.54) is 0 Å². The van der Waals surface area contributed by atoms with Crippen LogP contribution in [0.1, 0.15) is 6.92 Å². The minimum absolute atomic E-state index is 0.225. The highest BCUT2D eigenvalue weighted by Gasteiger charge is 2.02. The molecule has 4 heteroatoms. The Labute approximate surface area is 81.0 Å². The van der Waals surface area contributed by atoms with E-state index in [0.717, 1.165) is 12.1 Å². The third kappa shape index (κ3) is 1.25. The van der Waals surface area contributed by atoms with E-state index in [9.17, 15) is 4.79 Å². The van der Waals surface area contributed by atoms with Crippen LogP contribution in [0, 0.1) is 0 Å². The van der Waals surface area contributed by atoms with Crippen LogP contribution in [0.15, 0.2) is 29.3 Å². The van der Waals surface area contributed by atoms with Crippen molar-refractivity contribution >= 4 is 16.6 Å². The average molecular weight is 189 g/mol. The van der Waals surface area contributed by atoms with Gasteiger partial charge in [0.05, 0.1) is 17.2 Å². The van der Waals surface area contributed by atoms with Gasteiger partial charge in [-0.05, 0) is 25.1 Å². The minimum atomic E-state index is -0.225. The second-order valence-electron chi connectivity index (χ2n) is 3.11. The number of hydrogen-bond donors (Lipinski definition) is 1. The second kappa shape index (κ2) is 3.14. The summed E-state index contributed by atoms with van der Waals surface area (Å²) >= 11 is 0. The highest BCUT2D eigenvalue weighted by molar-refractivity contribution is 5.81. The van der Waals surface area contributed by atoms with Crippen LogP contribution in [0.3, 0.4) is 0 Å². The number of hydrogen-bond acceptors (Lipinski definition) is 3. The van der Waals surface area contributed by atoms with Crippen LogP contribution in [0.2, 0.25) is 0 Å². The fraction of sp³-hybridized carbons (Fsp3) is 0.200. The fourth-order valence-corrected chi connectivity index (χ4v) is 1.48. The van der Waals surface area contributed by atoms with Gasteiger partial charge in [-0.15, -0.1) is 0 Å². The van der Waals surface area contributed by atoms with Crippen molar-refractivity contribution in [2.45, 2.75) is 13.5 Å². The number of anilines is 1. The monoisotopic (exact) mass is 189 g/mol. The van der Waals surface area contributed by atoms with Gasteiger partial charge in [-0.1, -0.05) is 0 Å². The van der Waals surface area contributed by atoms with Gasteiger partial charge in [0.1, 0.15) is 0 Å². The number of nitrogens with two attached hydrogens (primary N) is 1. The summed E-state index contributed by atoms with van der Waals surface area (Å²) in [5, 5.41) is 0.578. The lowest BCUT2D eigenvalue weighted by atomic mass is 10.2. The molecule has 0 unspecified atom stereocenters. The zero-order valence-electron chi connectivity index (χ0n) is 7.90. The fourth-order valence-electron chi connectivity index (χ4n) is 1.48. The maximum Gasteiger partial charge on any atom is 0.280 e. The van der Waals surface area contributed by atoms with E-state index in [-0.39, 0.29) is 5.56 Å². The Kier molecular flexibility index (Phi) is 1.96. The number of rotatable bonds is 1. The molecule has 0 bridgehead atoms. The van der Waals surface area contributed by atoms with Crippen LogP contribution in [0.5, 0.6) is 0 Å².